The molecule has 1 aromatic rings. The first-order chi connectivity index (χ1) is 6.43. The van der Waals surface area contributed by atoms with Crippen LogP contribution in [-0.2, 0) is 11.2 Å². The van der Waals surface area contributed by atoms with Gasteiger partial charge in [-0.05, 0) is 41.9 Å². The fourth-order valence-electron chi connectivity index (χ4n) is 3.18. The highest BCUT2D eigenvalue weighted by molar-refractivity contribution is 5.46. The molecule has 0 N–H and O–H groups in total. The monoisotopic (exact) mass is 172 g/mol. The average molecular weight is 172 g/mol. The van der Waals surface area contributed by atoms with E-state index < -0.39 is 0 Å². The molecule has 0 radical (unpaired) electrons. The predicted octanol–water partition coefficient (Wildman–Crippen LogP) is 2.56. The second-order valence-corrected chi connectivity index (χ2v) is 4.49. The van der Waals surface area contributed by atoms with E-state index in [1.54, 1.807) is 11.1 Å². The summed E-state index contributed by atoms with van der Waals surface area (Å²) in [5.41, 5.74) is 4.76. The summed E-state index contributed by atoms with van der Waals surface area (Å²) in [7, 11) is 0. The van der Waals surface area contributed by atoms with Crippen molar-refractivity contribution in [3.8, 4) is 0 Å². The zero-order valence-corrected chi connectivity index (χ0v) is 7.49. The highest BCUT2D eigenvalue weighted by atomic mass is 16.6. The van der Waals surface area contributed by atoms with Gasteiger partial charge < -0.3 is 4.74 Å². The Morgan fingerprint density at radius 1 is 1.31 bits per heavy atom. The van der Waals surface area contributed by atoms with Crippen molar-refractivity contribution in [1.29, 1.82) is 0 Å². The first-order valence-corrected chi connectivity index (χ1v) is 5.20. The van der Waals surface area contributed by atoms with Gasteiger partial charge in [-0.2, -0.15) is 0 Å². The fraction of sp³-hybridized carbons (Fsp3) is 0.500. The normalized spacial score (nSPS) is 38.3. The Morgan fingerprint density at radius 3 is 3.31 bits per heavy atom. The number of epoxide rings is 1. The summed E-state index contributed by atoms with van der Waals surface area (Å²) in [5.74, 6) is 0.829. The van der Waals surface area contributed by atoms with Crippen LogP contribution in [0.15, 0.2) is 18.2 Å². The Labute approximate surface area is 77.7 Å². The molecular weight excluding hydrogens is 160 g/mol. The number of hydrogen-bond donors (Lipinski definition) is 0. The summed E-state index contributed by atoms with van der Waals surface area (Å²) < 4.78 is 5.66. The average Bonchev–Trinajstić information content (AvgIpc) is 2.82. The zero-order chi connectivity index (χ0) is 8.41. The molecule has 0 spiro atoms. The molecular formula is C12H12O. The largest absolute Gasteiger partial charge is 0.364 e. The number of benzene rings is 1. The number of fused-ring (bicyclic) bond motifs is 2. The fourth-order valence-corrected chi connectivity index (χ4v) is 3.18. The van der Waals surface area contributed by atoms with Crippen LogP contribution in [-0.4, -0.2) is 6.10 Å². The second kappa shape index (κ2) is 1.98. The Balaban J connectivity index is 2.02. The maximum atomic E-state index is 5.66. The lowest BCUT2D eigenvalue weighted by Gasteiger charge is -2.17. The molecule has 1 aromatic carbocycles. The molecule has 13 heavy (non-hydrogen) atoms. The van der Waals surface area contributed by atoms with Crippen LogP contribution in [0.5, 0.6) is 0 Å². The van der Waals surface area contributed by atoms with Crippen LogP contribution < -0.4 is 0 Å². The van der Waals surface area contributed by atoms with Crippen LogP contribution in [0.25, 0.3) is 0 Å². The molecule has 1 fully saturated rings. The van der Waals surface area contributed by atoms with Gasteiger partial charge in [0.05, 0.1) is 6.10 Å². The maximum Gasteiger partial charge on any atom is 0.109 e. The van der Waals surface area contributed by atoms with Crippen molar-refractivity contribution < 1.29 is 4.74 Å². The van der Waals surface area contributed by atoms with E-state index >= 15 is 0 Å². The summed E-state index contributed by atoms with van der Waals surface area (Å²) in [6.45, 7) is 0. The van der Waals surface area contributed by atoms with Crippen LogP contribution in [0.2, 0.25) is 0 Å². The van der Waals surface area contributed by atoms with Crippen molar-refractivity contribution in [3.05, 3.63) is 34.9 Å². The summed E-state index contributed by atoms with van der Waals surface area (Å²) in [5, 5.41) is 0. The van der Waals surface area contributed by atoms with Gasteiger partial charge in [-0.15, -0.1) is 0 Å². The van der Waals surface area contributed by atoms with E-state index in [0.717, 1.165) is 5.92 Å². The van der Waals surface area contributed by atoms with Crippen molar-refractivity contribution in [3.63, 3.8) is 0 Å². The maximum absolute atomic E-state index is 5.66. The molecule has 0 amide bonds. The van der Waals surface area contributed by atoms with Crippen molar-refractivity contribution >= 4 is 0 Å². The third-order valence-electron chi connectivity index (χ3n) is 3.81. The molecule has 2 aliphatic carbocycles. The molecule has 1 aliphatic heterocycles. The molecule has 1 heterocycles. The third-order valence-corrected chi connectivity index (χ3v) is 3.81. The van der Waals surface area contributed by atoms with Gasteiger partial charge in [-0.3, -0.25) is 0 Å². The second-order valence-electron chi connectivity index (χ2n) is 4.49. The number of rotatable bonds is 0. The lowest BCUT2D eigenvalue weighted by molar-refractivity contribution is 0.364. The molecule has 0 saturated carbocycles. The Hall–Kier alpha value is -0.820. The van der Waals surface area contributed by atoms with Crippen LogP contribution in [0.3, 0.4) is 0 Å². The molecule has 0 bridgehead atoms. The summed E-state index contributed by atoms with van der Waals surface area (Å²) >= 11 is 0. The molecule has 1 heteroatoms. The summed E-state index contributed by atoms with van der Waals surface area (Å²) in [6.07, 6.45) is 5.00. The van der Waals surface area contributed by atoms with E-state index in [1.807, 2.05) is 0 Å². The van der Waals surface area contributed by atoms with Crippen LogP contribution >= 0.6 is 0 Å². The van der Waals surface area contributed by atoms with Crippen molar-refractivity contribution in [2.45, 2.75) is 37.4 Å². The van der Waals surface area contributed by atoms with Gasteiger partial charge in [0.2, 0.25) is 0 Å². The zero-order valence-electron chi connectivity index (χ0n) is 7.49. The lowest BCUT2D eigenvalue weighted by atomic mass is 9.84. The van der Waals surface area contributed by atoms with E-state index in [2.05, 4.69) is 18.2 Å². The molecule has 3 aliphatic rings. The van der Waals surface area contributed by atoms with Gasteiger partial charge in [-0.1, -0.05) is 18.2 Å². The first-order valence-electron chi connectivity index (χ1n) is 5.20. The number of ether oxygens (including phenoxy) is 1. The minimum atomic E-state index is 0.476. The Bertz CT molecular complexity index is 383. The molecule has 0 unspecified atom stereocenters. The molecule has 3 atom stereocenters. The molecule has 4 rings (SSSR count). The van der Waals surface area contributed by atoms with E-state index in [9.17, 15) is 0 Å². The van der Waals surface area contributed by atoms with Crippen LogP contribution in [0.1, 0.15) is 41.6 Å². The number of aryl methyl sites for hydroxylation is 1. The minimum Gasteiger partial charge on any atom is -0.364 e. The Morgan fingerprint density at radius 2 is 2.31 bits per heavy atom. The third kappa shape index (κ3) is 0.720. The quantitative estimate of drug-likeness (QED) is 0.548. The van der Waals surface area contributed by atoms with E-state index in [4.69, 9.17) is 4.74 Å². The van der Waals surface area contributed by atoms with E-state index in [1.165, 1.54) is 24.8 Å². The van der Waals surface area contributed by atoms with Crippen molar-refractivity contribution in [2.24, 2.45) is 0 Å². The van der Waals surface area contributed by atoms with Gasteiger partial charge in [0.25, 0.3) is 0 Å². The SMILES string of the molecule is c1cc2c3c(c1)[C@@H]1O[C@@H]1C[C@H]3CC2. The van der Waals surface area contributed by atoms with Crippen molar-refractivity contribution in [2.75, 3.05) is 0 Å². The van der Waals surface area contributed by atoms with Gasteiger partial charge in [0, 0.05) is 0 Å². The van der Waals surface area contributed by atoms with Gasteiger partial charge in [0.1, 0.15) is 6.10 Å². The van der Waals surface area contributed by atoms with E-state index in [0.29, 0.717) is 12.2 Å². The Kier molecular flexibility index (Phi) is 1.01. The highest BCUT2D eigenvalue weighted by Crippen LogP contribution is 2.55. The lowest BCUT2D eigenvalue weighted by Crippen LogP contribution is -2.08. The first kappa shape index (κ1) is 6.61. The van der Waals surface area contributed by atoms with Crippen LogP contribution in [0.4, 0.5) is 0 Å². The highest BCUT2D eigenvalue weighted by Gasteiger charge is 2.49. The van der Waals surface area contributed by atoms with Gasteiger partial charge >= 0.3 is 0 Å². The number of hydrogen-bond acceptors (Lipinski definition) is 1. The molecule has 0 aromatic heterocycles. The minimum absolute atomic E-state index is 0.476. The van der Waals surface area contributed by atoms with Gasteiger partial charge in [-0.25, -0.2) is 0 Å². The van der Waals surface area contributed by atoms with Crippen molar-refractivity contribution in [1.82, 2.24) is 0 Å². The predicted molar refractivity (Wildman–Crippen MR) is 49.7 cm³/mol. The van der Waals surface area contributed by atoms with Gasteiger partial charge in [0.15, 0.2) is 0 Å². The smallest absolute Gasteiger partial charge is 0.109 e. The van der Waals surface area contributed by atoms with E-state index in [-0.39, 0.29) is 0 Å². The molecule has 1 saturated heterocycles. The topological polar surface area (TPSA) is 12.5 Å². The summed E-state index contributed by atoms with van der Waals surface area (Å²) in [6, 6.07) is 6.75. The molecule has 66 valence electrons. The summed E-state index contributed by atoms with van der Waals surface area (Å²) in [4.78, 5) is 0. The standard InChI is InChI=1S/C12H12O/c1-2-7-4-5-8-6-10-12(13-10)9(3-1)11(7)8/h1-3,8,10,12H,4-6H2/t8-,10-,12+/m1/s1. The van der Waals surface area contributed by atoms with Crippen LogP contribution in [0, 0.1) is 0 Å². The molecule has 1 nitrogen and oxygen atoms in total.